The lowest BCUT2D eigenvalue weighted by Crippen LogP contribution is -2.31. The zero-order valence-electron chi connectivity index (χ0n) is 18.5. The van der Waals surface area contributed by atoms with Crippen LogP contribution in [-0.4, -0.2) is 13.1 Å². The zero-order chi connectivity index (χ0) is 19.5. The molecule has 0 amide bonds. The highest BCUT2D eigenvalue weighted by Crippen LogP contribution is 2.38. The van der Waals surface area contributed by atoms with Gasteiger partial charge in [0.25, 0.3) is 0 Å². The van der Waals surface area contributed by atoms with Crippen molar-refractivity contribution in [3.8, 4) is 0 Å². The number of carbonyl (C=O) groups excluding carboxylic acids is 1. The van der Waals surface area contributed by atoms with Crippen molar-refractivity contribution in [2.24, 2.45) is 22.7 Å². The summed E-state index contributed by atoms with van der Waals surface area (Å²) in [5.74, 6) is 1.66. The minimum absolute atomic E-state index is 0.0895. The highest BCUT2D eigenvalue weighted by molar-refractivity contribution is 5.75. The van der Waals surface area contributed by atoms with Crippen LogP contribution in [0.5, 0.6) is 0 Å². The fraction of sp³-hybridized carbons (Fsp3) is 0.957. The molecule has 2 atom stereocenters. The molecular formula is C23H46O2. The topological polar surface area (TPSA) is 26.3 Å². The summed E-state index contributed by atoms with van der Waals surface area (Å²) < 4.78 is 4.96. The summed E-state index contributed by atoms with van der Waals surface area (Å²) in [5.41, 5.74) is -0.205. The van der Waals surface area contributed by atoms with E-state index in [-0.39, 0.29) is 11.4 Å². The summed E-state index contributed by atoms with van der Waals surface area (Å²) in [7, 11) is 1.49. The minimum atomic E-state index is -0.391. The molecule has 0 fully saturated rings. The highest BCUT2D eigenvalue weighted by atomic mass is 16.5. The van der Waals surface area contributed by atoms with Crippen molar-refractivity contribution < 1.29 is 9.53 Å². The maximum absolute atomic E-state index is 11.9. The van der Waals surface area contributed by atoms with Crippen molar-refractivity contribution >= 4 is 5.97 Å². The van der Waals surface area contributed by atoms with Gasteiger partial charge >= 0.3 is 5.97 Å². The Morgan fingerprint density at radius 1 is 0.960 bits per heavy atom. The molecule has 0 aromatic carbocycles. The van der Waals surface area contributed by atoms with Crippen LogP contribution in [0.3, 0.4) is 0 Å². The van der Waals surface area contributed by atoms with E-state index in [1.165, 1.54) is 64.9 Å². The van der Waals surface area contributed by atoms with Crippen molar-refractivity contribution in [2.45, 2.75) is 113 Å². The first-order chi connectivity index (χ1) is 11.6. The predicted molar refractivity (Wildman–Crippen MR) is 110 cm³/mol. The average molecular weight is 355 g/mol. The number of esters is 1. The molecule has 0 rings (SSSR count). The van der Waals surface area contributed by atoms with Crippen LogP contribution < -0.4 is 0 Å². The van der Waals surface area contributed by atoms with E-state index in [9.17, 15) is 4.79 Å². The summed E-state index contributed by atoms with van der Waals surface area (Å²) in [5, 5.41) is 0. The molecule has 150 valence electrons. The lowest BCUT2D eigenvalue weighted by atomic mass is 9.72. The minimum Gasteiger partial charge on any atom is -0.469 e. The molecule has 0 spiro atoms. The van der Waals surface area contributed by atoms with E-state index < -0.39 is 5.41 Å². The number of carbonyl (C=O) groups is 1. The molecule has 0 heterocycles. The van der Waals surface area contributed by atoms with Crippen molar-refractivity contribution in [2.75, 3.05) is 7.11 Å². The summed E-state index contributed by atoms with van der Waals surface area (Å²) in [6.07, 6.45) is 12.8. The summed E-state index contributed by atoms with van der Waals surface area (Å²) in [6, 6.07) is 0. The molecule has 25 heavy (non-hydrogen) atoms. The Morgan fingerprint density at radius 2 is 1.52 bits per heavy atom. The van der Waals surface area contributed by atoms with Crippen LogP contribution in [-0.2, 0) is 9.53 Å². The van der Waals surface area contributed by atoms with Crippen LogP contribution in [0.2, 0.25) is 0 Å². The SMILES string of the molecule is CCCCCC(CCCCC(C)(C)CC(C)(C)C(=O)OC)C(C)CC. The van der Waals surface area contributed by atoms with Gasteiger partial charge in [0.1, 0.15) is 0 Å². The molecule has 0 saturated heterocycles. The maximum Gasteiger partial charge on any atom is 0.311 e. The Morgan fingerprint density at radius 3 is 2.00 bits per heavy atom. The molecule has 0 aliphatic heterocycles. The Kier molecular flexibility index (Phi) is 11.7. The quantitative estimate of drug-likeness (QED) is 0.240. The fourth-order valence-corrected chi connectivity index (χ4v) is 4.35. The van der Waals surface area contributed by atoms with Gasteiger partial charge in [0, 0.05) is 0 Å². The van der Waals surface area contributed by atoms with Crippen LogP contribution in [0.1, 0.15) is 113 Å². The van der Waals surface area contributed by atoms with Gasteiger partial charge in [0.05, 0.1) is 12.5 Å². The molecule has 2 nitrogen and oxygen atoms in total. The molecule has 0 aromatic heterocycles. The third-order valence-corrected chi connectivity index (χ3v) is 5.96. The second kappa shape index (κ2) is 12.0. The first kappa shape index (κ1) is 24.5. The molecule has 2 heteroatoms. The maximum atomic E-state index is 11.9. The number of hydrogen-bond acceptors (Lipinski definition) is 2. The summed E-state index contributed by atoms with van der Waals surface area (Å²) in [6.45, 7) is 15.7. The van der Waals surface area contributed by atoms with Gasteiger partial charge in [0.15, 0.2) is 0 Å². The van der Waals surface area contributed by atoms with Gasteiger partial charge in [-0.3, -0.25) is 4.79 Å². The molecule has 0 N–H and O–H groups in total. The van der Waals surface area contributed by atoms with Crippen molar-refractivity contribution in [3.63, 3.8) is 0 Å². The third-order valence-electron chi connectivity index (χ3n) is 5.96. The van der Waals surface area contributed by atoms with Gasteiger partial charge in [-0.2, -0.15) is 0 Å². The molecular weight excluding hydrogens is 308 g/mol. The fourth-order valence-electron chi connectivity index (χ4n) is 4.35. The van der Waals surface area contributed by atoms with E-state index in [1.54, 1.807) is 0 Å². The number of ether oxygens (including phenoxy) is 1. The van der Waals surface area contributed by atoms with Crippen LogP contribution in [0, 0.1) is 22.7 Å². The van der Waals surface area contributed by atoms with Crippen molar-refractivity contribution in [1.29, 1.82) is 0 Å². The van der Waals surface area contributed by atoms with Crippen LogP contribution in [0.15, 0.2) is 0 Å². The first-order valence-electron chi connectivity index (χ1n) is 10.7. The Labute approximate surface area is 158 Å². The second-order valence-corrected chi connectivity index (χ2v) is 9.60. The smallest absolute Gasteiger partial charge is 0.311 e. The largest absolute Gasteiger partial charge is 0.469 e. The van der Waals surface area contributed by atoms with Gasteiger partial charge in [-0.25, -0.2) is 0 Å². The third kappa shape index (κ3) is 10.3. The van der Waals surface area contributed by atoms with E-state index in [4.69, 9.17) is 4.74 Å². The lowest BCUT2D eigenvalue weighted by Gasteiger charge is -2.33. The monoisotopic (exact) mass is 354 g/mol. The van der Waals surface area contributed by atoms with E-state index in [0.717, 1.165) is 18.3 Å². The van der Waals surface area contributed by atoms with E-state index >= 15 is 0 Å². The Hall–Kier alpha value is -0.530. The number of hydrogen-bond donors (Lipinski definition) is 0. The predicted octanol–water partition coefficient (Wildman–Crippen LogP) is 7.40. The van der Waals surface area contributed by atoms with Crippen LogP contribution in [0.25, 0.3) is 0 Å². The van der Waals surface area contributed by atoms with Gasteiger partial charge in [0.2, 0.25) is 0 Å². The molecule has 0 bridgehead atoms. The molecule has 2 unspecified atom stereocenters. The molecule has 0 aliphatic rings. The standard InChI is InChI=1S/C23H46O2/c1-9-11-12-15-20(19(3)10-2)16-13-14-17-22(4,5)18-23(6,7)21(24)25-8/h19-20H,9-18H2,1-8H3. The Bertz CT molecular complexity index is 357. The van der Waals surface area contributed by atoms with Gasteiger partial charge in [-0.1, -0.05) is 86.0 Å². The summed E-state index contributed by atoms with van der Waals surface area (Å²) >= 11 is 0. The lowest BCUT2D eigenvalue weighted by molar-refractivity contribution is -0.152. The van der Waals surface area contributed by atoms with Crippen LogP contribution >= 0.6 is 0 Å². The highest BCUT2D eigenvalue weighted by Gasteiger charge is 2.35. The van der Waals surface area contributed by atoms with Gasteiger partial charge in [-0.15, -0.1) is 0 Å². The summed E-state index contributed by atoms with van der Waals surface area (Å²) in [4.78, 5) is 11.9. The normalized spacial score (nSPS) is 15.0. The van der Waals surface area contributed by atoms with Gasteiger partial charge < -0.3 is 4.74 Å². The van der Waals surface area contributed by atoms with Crippen LogP contribution in [0.4, 0.5) is 0 Å². The Balaban J connectivity index is 4.34. The molecule has 0 aliphatic carbocycles. The zero-order valence-corrected chi connectivity index (χ0v) is 18.5. The molecule has 0 saturated carbocycles. The van der Waals surface area contributed by atoms with E-state index in [1.807, 2.05) is 13.8 Å². The second-order valence-electron chi connectivity index (χ2n) is 9.60. The van der Waals surface area contributed by atoms with E-state index in [2.05, 4.69) is 34.6 Å². The van der Waals surface area contributed by atoms with Gasteiger partial charge in [-0.05, 0) is 43.9 Å². The van der Waals surface area contributed by atoms with Crippen molar-refractivity contribution in [3.05, 3.63) is 0 Å². The molecule has 0 aromatic rings. The first-order valence-corrected chi connectivity index (χ1v) is 10.7. The number of methoxy groups -OCH3 is 1. The number of unbranched alkanes of at least 4 members (excludes halogenated alkanes) is 3. The average Bonchev–Trinajstić information content (AvgIpc) is 2.54. The van der Waals surface area contributed by atoms with Crippen molar-refractivity contribution in [1.82, 2.24) is 0 Å². The van der Waals surface area contributed by atoms with E-state index in [0.29, 0.717) is 0 Å². The molecule has 0 radical (unpaired) electrons. The number of rotatable bonds is 14.